The zero-order valence-corrected chi connectivity index (χ0v) is 14.6. The number of sulfonamides is 1. The van der Waals surface area contributed by atoms with Gasteiger partial charge < -0.3 is 11.1 Å². The maximum absolute atomic E-state index is 12.9. The first-order valence-corrected chi connectivity index (χ1v) is 9.49. The summed E-state index contributed by atoms with van der Waals surface area (Å²) in [5.74, 6) is -0.0892. The topological polar surface area (TPSA) is 92.5 Å². The van der Waals surface area contributed by atoms with Crippen LogP contribution in [0.2, 0.25) is 0 Å². The van der Waals surface area contributed by atoms with Crippen molar-refractivity contribution in [2.75, 3.05) is 20.1 Å². The number of hydrogen-bond donors (Lipinski definition) is 2. The molecule has 1 atom stereocenters. The van der Waals surface area contributed by atoms with Crippen LogP contribution in [0.25, 0.3) is 0 Å². The van der Waals surface area contributed by atoms with E-state index in [2.05, 4.69) is 5.32 Å². The summed E-state index contributed by atoms with van der Waals surface area (Å²) in [4.78, 5) is 11.8. The van der Waals surface area contributed by atoms with E-state index in [-0.39, 0.29) is 29.8 Å². The fraction of sp³-hybridized carbons (Fsp3) is 0.562. The minimum absolute atomic E-state index is 0.00970. The van der Waals surface area contributed by atoms with Gasteiger partial charge in [0.1, 0.15) is 5.82 Å². The second kappa shape index (κ2) is 8.04. The van der Waals surface area contributed by atoms with Crippen LogP contribution < -0.4 is 11.1 Å². The van der Waals surface area contributed by atoms with Gasteiger partial charge in [-0.25, -0.2) is 17.1 Å². The number of halogens is 1. The molecule has 1 aliphatic rings. The summed E-state index contributed by atoms with van der Waals surface area (Å²) >= 11 is 0. The predicted octanol–water partition coefficient (Wildman–Crippen LogP) is 1.08. The summed E-state index contributed by atoms with van der Waals surface area (Å²) in [6.07, 6.45) is 2.90. The molecule has 6 nitrogen and oxygen atoms in total. The number of nitrogens with zero attached hydrogens (tertiary/aromatic N) is 1. The number of rotatable bonds is 9. The zero-order chi connectivity index (χ0) is 17.7. The second-order valence-corrected chi connectivity index (χ2v) is 8.23. The van der Waals surface area contributed by atoms with Gasteiger partial charge in [0.15, 0.2) is 0 Å². The van der Waals surface area contributed by atoms with Crippen LogP contribution in [-0.2, 0) is 14.8 Å². The number of nitrogens with one attached hydrogen (secondary N) is 1. The number of nitrogens with two attached hydrogens (primary N) is 1. The van der Waals surface area contributed by atoms with E-state index >= 15 is 0 Å². The Morgan fingerprint density at radius 1 is 1.38 bits per heavy atom. The van der Waals surface area contributed by atoms with E-state index in [9.17, 15) is 17.6 Å². The number of benzene rings is 1. The number of hydrogen-bond acceptors (Lipinski definition) is 4. The van der Waals surface area contributed by atoms with Crippen LogP contribution in [0, 0.1) is 11.7 Å². The Labute approximate surface area is 142 Å². The van der Waals surface area contributed by atoms with Gasteiger partial charge >= 0.3 is 0 Å². The van der Waals surface area contributed by atoms with Crippen molar-refractivity contribution in [2.45, 2.75) is 36.6 Å². The lowest BCUT2D eigenvalue weighted by Gasteiger charge is -2.17. The Morgan fingerprint density at radius 3 is 2.58 bits per heavy atom. The molecule has 1 unspecified atom stereocenters. The first-order valence-electron chi connectivity index (χ1n) is 8.05. The van der Waals surface area contributed by atoms with Crippen molar-refractivity contribution in [1.82, 2.24) is 9.62 Å². The van der Waals surface area contributed by atoms with Crippen LogP contribution in [0.4, 0.5) is 4.39 Å². The van der Waals surface area contributed by atoms with Gasteiger partial charge in [-0.15, -0.1) is 0 Å². The Morgan fingerprint density at radius 2 is 2.00 bits per heavy atom. The summed E-state index contributed by atoms with van der Waals surface area (Å²) in [5, 5.41) is 2.78. The van der Waals surface area contributed by atoms with Crippen LogP contribution in [0.1, 0.15) is 25.7 Å². The number of carbonyl (C=O) groups excluding carboxylic acids is 1. The maximum Gasteiger partial charge on any atom is 0.242 e. The van der Waals surface area contributed by atoms with Crippen LogP contribution >= 0.6 is 0 Å². The van der Waals surface area contributed by atoms with Crippen LogP contribution in [0.15, 0.2) is 29.2 Å². The quantitative estimate of drug-likeness (QED) is 0.692. The molecule has 1 fully saturated rings. The highest BCUT2D eigenvalue weighted by atomic mass is 32.2. The van der Waals surface area contributed by atoms with Gasteiger partial charge in [0.2, 0.25) is 15.9 Å². The number of carbonyl (C=O) groups is 1. The van der Waals surface area contributed by atoms with Crippen molar-refractivity contribution >= 4 is 15.9 Å². The molecule has 0 heterocycles. The van der Waals surface area contributed by atoms with Gasteiger partial charge in [0.05, 0.1) is 4.90 Å². The molecule has 24 heavy (non-hydrogen) atoms. The number of amides is 1. The third-order valence-electron chi connectivity index (χ3n) is 4.16. The van der Waals surface area contributed by atoms with Crippen molar-refractivity contribution in [2.24, 2.45) is 11.7 Å². The van der Waals surface area contributed by atoms with Crippen molar-refractivity contribution < 1.29 is 17.6 Å². The molecule has 0 spiro atoms. The highest BCUT2D eigenvalue weighted by Gasteiger charge is 2.28. The van der Waals surface area contributed by atoms with Crippen LogP contribution in [0.3, 0.4) is 0 Å². The zero-order valence-electron chi connectivity index (χ0n) is 13.7. The molecular formula is C16H24FN3O3S. The second-order valence-electron chi connectivity index (χ2n) is 6.19. The molecule has 1 saturated carbocycles. The average molecular weight is 357 g/mol. The summed E-state index contributed by atoms with van der Waals surface area (Å²) in [5.41, 5.74) is 5.91. The minimum Gasteiger partial charge on any atom is -0.355 e. The lowest BCUT2D eigenvalue weighted by molar-refractivity contribution is -0.121. The SMILES string of the molecule is CN(CCCC(=O)NCC(N)C1CC1)S(=O)(=O)c1ccc(F)cc1. The molecule has 134 valence electrons. The maximum atomic E-state index is 12.9. The van der Waals surface area contributed by atoms with Crippen molar-refractivity contribution in [3.8, 4) is 0 Å². The van der Waals surface area contributed by atoms with E-state index in [4.69, 9.17) is 5.73 Å². The summed E-state index contributed by atoms with van der Waals surface area (Å²) in [6, 6.07) is 4.69. The van der Waals surface area contributed by atoms with Crippen molar-refractivity contribution in [3.63, 3.8) is 0 Å². The molecule has 1 aromatic rings. The van der Waals surface area contributed by atoms with E-state index in [0.29, 0.717) is 18.9 Å². The lowest BCUT2D eigenvalue weighted by Crippen LogP contribution is -2.38. The normalized spacial score (nSPS) is 16.2. The van der Waals surface area contributed by atoms with Gasteiger partial charge in [-0.3, -0.25) is 4.79 Å². The van der Waals surface area contributed by atoms with E-state index in [1.165, 1.54) is 23.5 Å². The van der Waals surface area contributed by atoms with Crippen molar-refractivity contribution in [1.29, 1.82) is 0 Å². The van der Waals surface area contributed by atoms with E-state index in [0.717, 1.165) is 25.0 Å². The summed E-state index contributed by atoms with van der Waals surface area (Å²) in [7, 11) is -2.22. The largest absolute Gasteiger partial charge is 0.355 e. The van der Waals surface area contributed by atoms with Gasteiger partial charge in [0, 0.05) is 32.6 Å². The molecule has 8 heteroatoms. The monoisotopic (exact) mass is 357 g/mol. The molecule has 1 aromatic carbocycles. The molecule has 0 aromatic heterocycles. The molecule has 0 radical (unpaired) electrons. The fourth-order valence-corrected chi connectivity index (χ4v) is 3.59. The third kappa shape index (κ3) is 5.25. The Kier molecular flexibility index (Phi) is 6.31. The van der Waals surface area contributed by atoms with Gasteiger partial charge in [0.25, 0.3) is 0 Å². The third-order valence-corrected chi connectivity index (χ3v) is 6.03. The summed E-state index contributed by atoms with van der Waals surface area (Å²) < 4.78 is 38.7. The minimum atomic E-state index is -3.67. The highest BCUT2D eigenvalue weighted by Crippen LogP contribution is 2.31. The predicted molar refractivity (Wildman–Crippen MR) is 89.2 cm³/mol. The smallest absolute Gasteiger partial charge is 0.242 e. The van der Waals surface area contributed by atoms with E-state index in [1.807, 2.05) is 0 Å². The molecule has 3 N–H and O–H groups in total. The Balaban J connectivity index is 1.74. The van der Waals surface area contributed by atoms with Gasteiger partial charge in [-0.1, -0.05) is 0 Å². The van der Waals surface area contributed by atoms with Crippen LogP contribution in [0.5, 0.6) is 0 Å². The van der Waals surface area contributed by atoms with Gasteiger partial charge in [-0.2, -0.15) is 0 Å². The van der Waals surface area contributed by atoms with Crippen LogP contribution in [-0.4, -0.2) is 44.8 Å². The molecule has 1 amide bonds. The summed E-state index contributed by atoms with van der Waals surface area (Å²) in [6.45, 7) is 0.676. The fourth-order valence-electron chi connectivity index (χ4n) is 2.38. The molecular weight excluding hydrogens is 333 g/mol. The first kappa shape index (κ1) is 18.8. The van der Waals surface area contributed by atoms with Crippen molar-refractivity contribution in [3.05, 3.63) is 30.1 Å². The lowest BCUT2D eigenvalue weighted by atomic mass is 10.2. The highest BCUT2D eigenvalue weighted by molar-refractivity contribution is 7.89. The first-order chi connectivity index (χ1) is 11.3. The van der Waals surface area contributed by atoms with Gasteiger partial charge in [-0.05, 0) is 49.4 Å². The Hall–Kier alpha value is -1.51. The molecule has 0 saturated heterocycles. The molecule has 2 rings (SSSR count). The molecule has 0 bridgehead atoms. The standard InChI is InChI=1S/C16H24FN3O3S/c1-20(24(22,23)14-8-6-13(17)7-9-14)10-2-3-16(21)19-11-15(18)12-4-5-12/h6-9,12,15H,2-5,10-11,18H2,1H3,(H,19,21). The van der Waals surface area contributed by atoms with E-state index in [1.54, 1.807) is 0 Å². The van der Waals surface area contributed by atoms with E-state index < -0.39 is 15.8 Å². The molecule has 1 aliphatic carbocycles. The Bertz CT molecular complexity index is 660. The average Bonchev–Trinajstić information content (AvgIpc) is 3.37. The molecule has 0 aliphatic heterocycles.